The summed E-state index contributed by atoms with van der Waals surface area (Å²) >= 11 is 7.68. The maximum atomic E-state index is 12.5. The zero-order valence-electron chi connectivity index (χ0n) is 12.4. The molecule has 1 fully saturated rings. The molecule has 6 nitrogen and oxygen atoms in total. The van der Waals surface area contributed by atoms with Crippen molar-refractivity contribution in [3.8, 4) is 0 Å². The van der Waals surface area contributed by atoms with Crippen molar-refractivity contribution in [3.63, 3.8) is 0 Å². The van der Waals surface area contributed by atoms with Gasteiger partial charge in [0.05, 0.1) is 11.2 Å². The van der Waals surface area contributed by atoms with Crippen LogP contribution in [0.1, 0.15) is 48.9 Å². The standard InChI is InChI=1S/C14H18ClN3O3S/c1-8(2)11-16-7-9(15)10(17-11)12(19)18-14(13(20)21)3-5-22-6-4-14/h7-8H,3-6H2,1-2H3,(H,18,19)(H,20,21). The average molecular weight is 344 g/mol. The summed E-state index contributed by atoms with van der Waals surface area (Å²) in [4.78, 5) is 32.3. The van der Waals surface area contributed by atoms with Crippen LogP contribution < -0.4 is 5.32 Å². The number of hydrogen-bond donors (Lipinski definition) is 2. The van der Waals surface area contributed by atoms with Crippen LogP contribution in [0.4, 0.5) is 0 Å². The molecule has 1 aromatic heterocycles. The molecular weight excluding hydrogens is 326 g/mol. The maximum Gasteiger partial charge on any atom is 0.329 e. The first-order valence-electron chi connectivity index (χ1n) is 7.02. The second kappa shape index (κ2) is 6.83. The summed E-state index contributed by atoms with van der Waals surface area (Å²) in [6.07, 6.45) is 2.15. The minimum Gasteiger partial charge on any atom is -0.480 e. The maximum absolute atomic E-state index is 12.5. The molecule has 1 saturated heterocycles. The van der Waals surface area contributed by atoms with Gasteiger partial charge in [-0.1, -0.05) is 25.4 Å². The van der Waals surface area contributed by atoms with Gasteiger partial charge in [-0.2, -0.15) is 11.8 Å². The molecule has 0 aliphatic carbocycles. The predicted octanol–water partition coefficient (Wildman–Crippen LogP) is 2.33. The van der Waals surface area contributed by atoms with Crippen molar-refractivity contribution in [1.82, 2.24) is 15.3 Å². The number of amides is 1. The van der Waals surface area contributed by atoms with E-state index in [0.29, 0.717) is 30.2 Å². The van der Waals surface area contributed by atoms with Crippen molar-refractivity contribution < 1.29 is 14.7 Å². The lowest BCUT2D eigenvalue weighted by molar-refractivity contribution is -0.144. The Morgan fingerprint density at radius 3 is 2.59 bits per heavy atom. The highest BCUT2D eigenvalue weighted by Crippen LogP contribution is 2.28. The van der Waals surface area contributed by atoms with Crippen LogP contribution in [0.5, 0.6) is 0 Å². The van der Waals surface area contributed by atoms with Crippen LogP contribution in [0, 0.1) is 0 Å². The quantitative estimate of drug-likeness (QED) is 0.871. The van der Waals surface area contributed by atoms with E-state index in [1.54, 1.807) is 11.8 Å². The Morgan fingerprint density at radius 1 is 1.41 bits per heavy atom. The molecule has 1 amide bonds. The van der Waals surface area contributed by atoms with Gasteiger partial charge in [0.25, 0.3) is 5.91 Å². The van der Waals surface area contributed by atoms with Crippen molar-refractivity contribution >= 4 is 35.2 Å². The van der Waals surface area contributed by atoms with Crippen LogP contribution >= 0.6 is 23.4 Å². The highest BCUT2D eigenvalue weighted by molar-refractivity contribution is 7.99. The second-order valence-corrected chi connectivity index (χ2v) is 7.17. The van der Waals surface area contributed by atoms with Gasteiger partial charge in [0.15, 0.2) is 0 Å². The fraction of sp³-hybridized carbons (Fsp3) is 0.571. The molecule has 120 valence electrons. The minimum absolute atomic E-state index is 0.0271. The van der Waals surface area contributed by atoms with Crippen molar-refractivity contribution in [3.05, 3.63) is 22.7 Å². The van der Waals surface area contributed by atoms with E-state index in [0.717, 1.165) is 0 Å². The number of aliphatic carboxylic acids is 1. The molecule has 8 heteroatoms. The molecule has 2 rings (SSSR count). The molecule has 22 heavy (non-hydrogen) atoms. The summed E-state index contributed by atoms with van der Waals surface area (Å²) < 4.78 is 0. The number of nitrogens with zero attached hydrogens (tertiary/aromatic N) is 2. The minimum atomic E-state index is -1.24. The highest BCUT2D eigenvalue weighted by atomic mass is 35.5. The zero-order chi connectivity index (χ0) is 16.3. The number of rotatable bonds is 4. The number of nitrogens with one attached hydrogen (secondary N) is 1. The Kier molecular flexibility index (Phi) is 5.28. The van der Waals surface area contributed by atoms with Gasteiger partial charge in [-0.05, 0) is 24.3 Å². The van der Waals surface area contributed by atoms with Crippen LogP contribution in [0.3, 0.4) is 0 Å². The van der Waals surface area contributed by atoms with E-state index in [-0.39, 0.29) is 16.6 Å². The van der Waals surface area contributed by atoms with Gasteiger partial charge >= 0.3 is 5.97 Å². The number of thioether (sulfide) groups is 1. The SMILES string of the molecule is CC(C)c1ncc(Cl)c(C(=O)NC2(C(=O)O)CCSCC2)n1. The molecule has 0 unspecified atom stereocenters. The van der Waals surface area contributed by atoms with Crippen molar-refractivity contribution in [2.45, 2.75) is 38.1 Å². The topological polar surface area (TPSA) is 92.2 Å². The van der Waals surface area contributed by atoms with E-state index in [2.05, 4.69) is 15.3 Å². The van der Waals surface area contributed by atoms with E-state index < -0.39 is 17.4 Å². The third-order valence-corrected chi connectivity index (χ3v) is 4.86. The van der Waals surface area contributed by atoms with E-state index in [4.69, 9.17) is 11.6 Å². The van der Waals surface area contributed by atoms with E-state index in [9.17, 15) is 14.7 Å². The molecule has 0 spiro atoms. The molecule has 0 radical (unpaired) electrons. The normalized spacial score (nSPS) is 17.3. The number of aromatic nitrogens is 2. The molecular formula is C14H18ClN3O3S. The number of carboxylic acid groups (broad SMARTS) is 1. The monoisotopic (exact) mass is 343 g/mol. The summed E-state index contributed by atoms with van der Waals surface area (Å²) in [5.74, 6) is 0.350. The molecule has 0 aromatic carbocycles. The first-order valence-corrected chi connectivity index (χ1v) is 8.55. The number of carboxylic acids is 1. The van der Waals surface area contributed by atoms with Gasteiger partial charge in [-0.15, -0.1) is 0 Å². The predicted molar refractivity (Wildman–Crippen MR) is 85.5 cm³/mol. The Bertz CT molecular complexity index is 589. The fourth-order valence-electron chi connectivity index (χ4n) is 2.21. The summed E-state index contributed by atoms with van der Waals surface area (Å²) in [7, 11) is 0. The zero-order valence-corrected chi connectivity index (χ0v) is 14.0. The second-order valence-electron chi connectivity index (χ2n) is 5.53. The molecule has 2 N–H and O–H groups in total. The van der Waals surface area contributed by atoms with Gasteiger partial charge < -0.3 is 10.4 Å². The number of carbonyl (C=O) groups excluding carboxylic acids is 1. The van der Waals surface area contributed by atoms with Gasteiger partial charge in [-0.3, -0.25) is 4.79 Å². The third kappa shape index (κ3) is 3.52. The Labute approximate surface area is 138 Å². The van der Waals surface area contributed by atoms with E-state index >= 15 is 0 Å². The van der Waals surface area contributed by atoms with Gasteiger partial charge in [-0.25, -0.2) is 14.8 Å². The average Bonchev–Trinajstić information content (AvgIpc) is 2.48. The molecule has 1 aromatic rings. The first kappa shape index (κ1) is 17.0. The van der Waals surface area contributed by atoms with Crippen LogP contribution in [-0.2, 0) is 4.79 Å². The summed E-state index contributed by atoms with van der Waals surface area (Å²) in [5.41, 5.74) is -1.21. The first-order chi connectivity index (χ1) is 10.4. The molecule has 0 atom stereocenters. The molecule has 0 bridgehead atoms. The molecule has 1 aliphatic rings. The van der Waals surface area contributed by atoms with Gasteiger partial charge in [0.2, 0.25) is 0 Å². The van der Waals surface area contributed by atoms with Crippen LogP contribution in [0.25, 0.3) is 0 Å². The van der Waals surface area contributed by atoms with Gasteiger partial charge in [0, 0.05) is 5.92 Å². The lowest BCUT2D eigenvalue weighted by Gasteiger charge is -2.33. The van der Waals surface area contributed by atoms with Crippen LogP contribution in [0.15, 0.2) is 6.20 Å². The lowest BCUT2D eigenvalue weighted by Crippen LogP contribution is -2.56. The smallest absolute Gasteiger partial charge is 0.329 e. The Hall–Kier alpha value is -1.34. The van der Waals surface area contributed by atoms with E-state index in [1.165, 1.54) is 6.20 Å². The molecule has 2 heterocycles. The lowest BCUT2D eigenvalue weighted by atomic mass is 9.92. The molecule has 0 saturated carbocycles. The van der Waals surface area contributed by atoms with Crippen LogP contribution in [-0.4, -0.2) is 44.0 Å². The number of carbonyl (C=O) groups is 2. The highest BCUT2D eigenvalue weighted by Gasteiger charge is 2.42. The molecule has 1 aliphatic heterocycles. The Balaban J connectivity index is 2.27. The van der Waals surface area contributed by atoms with Crippen LogP contribution in [0.2, 0.25) is 5.02 Å². The number of halogens is 1. The van der Waals surface area contributed by atoms with E-state index in [1.807, 2.05) is 13.8 Å². The van der Waals surface area contributed by atoms with Gasteiger partial charge in [0.1, 0.15) is 17.1 Å². The summed E-state index contributed by atoms with van der Waals surface area (Å²) in [6.45, 7) is 3.81. The third-order valence-electron chi connectivity index (χ3n) is 3.60. The summed E-state index contributed by atoms with van der Waals surface area (Å²) in [6, 6.07) is 0. The Morgan fingerprint density at radius 2 is 2.05 bits per heavy atom. The number of hydrogen-bond acceptors (Lipinski definition) is 5. The van der Waals surface area contributed by atoms with Crippen molar-refractivity contribution in [1.29, 1.82) is 0 Å². The largest absolute Gasteiger partial charge is 0.480 e. The summed E-state index contributed by atoms with van der Waals surface area (Å²) in [5, 5.41) is 12.3. The fourth-order valence-corrected chi connectivity index (χ4v) is 3.57. The van der Waals surface area contributed by atoms with Crippen molar-refractivity contribution in [2.24, 2.45) is 0 Å². The van der Waals surface area contributed by atoms with Crippen molar-refractivity contribution in [2.75, 3.05) is 11.5 Å².